The van der Waals surface area contributed by atoms with Gasteiger partial charge in [-0.1, -0.05) is 0 Å². The Morgan fingerprint density at radius 3 is 3.06 bits per heavy atom. The summed E-state index contributed by atoms with van der Waals surface area (Å²) in [6.45, 7) is 0.115. The van der Waals surface area contributed by atoms with Gasteiger partial charge in [0.1, 0.15) is 18.9 Å². The summed E-state index contributed by atoms with van der Waals surface area (Å²) in [4.78, 5) is 11.4. The monoisotopic (exact) mass is 231 g/mol. The van der Waals surface area contributed by atoms with E-state index in [0.717, 1.165) is 10.9 Å². The molecule has 0 saturated heterocycles. The van der Waals surface area contributed by atoms with Gasteiger partial charge >= 0.3 is 0 Å². The van der Waals surface area contributed by atoms with E-state index in [0.29, 0.717) is 0 Å². The Bertz CT molecular complexity index is 597. The maximum atomic E-state index is 13.0. The lowest BCUT2D eigenvalue weighted by Crippen LogP contribution is -2.27. The fourth-order valence-electron chi connectivity index (χ4n) is 1.66. The molecule has 5 heteroatoms. The number of carbonyl (C=O) groups excluding carboxylic acids is 1. The Balaban J connectivity index is 2.20. The molecule has 0 aliphatic heterocycles. The van der Waals surface area contributed by atoms with E-state index in [9.17, 15) is 9.18 Å². The number of halogens is 1. The van der Waals surface area contributed by atoms with Gasteiger partial charge in [0.05, 0.1) is 6.07 Å². The summed E-state index contributed by atoms with van der Waals surface area (Å²) in [6.07, 6.45) is 1.72. The van der Waals surface area contributed by atoms with E-state index in [1.54, 1.807) is 22.9 Å². The van der Waals surface area contributed by atoms with E-state index in [1.807, 2.05) is 6.07 Å². The van der Waals surface area contributed by atoms with Gasteiger partial charge in [0, 0.05) is 17.1 Å². The van der Waals surface area contributed by atoms with Crippen molar-refractivity contribution in [1.29, 1.82) is 5.26 Å². The fraction of sp³-hybridized carbons (Fsp3) is 0.167. The van der Waals surface area contributed by atoms with Crippen molar-refractivity contribution in [3.05, 3.63) is 36.3 Å². The number of fused-ring (bicyclic) bond motifs is 1. The second kappa shape index (κ2) is 4.66. The van der Waals surface area contributed by atoms with Gasteiger partial charge in [-0.15, -0.1) is 0 Å². The molecule has 1 heterocycles. The number of nitrogens with zero attached hydrogens (tertiary/aromatic N) is 2. The summed E-state index contributed by atoms with van der Waals surface area (Å²) < 4.78 is 14.7. The topological polar surface area (TPSA) is 57.8 Å². The van der Waals surface area contributed by atoms with Gasteiger partial charge in [-0.3, -0.25) is 4.79 Å². The molecule has 0 radical (unpaired) electrons. The van der Waals surface area contributed by atoms with Crippen LogP contribution in [0.5, 0.6) is 0 Å². The summed E-state index contributed by atoms with van der Waals surface area (Å²) in [5.74, 6) is -0.544. The quantitative estimate of drug-likeness (QED) is 0.812. The molecule has 0 fully saturated rings. The Hall–Kier alpha value is -2.35. The van der Waals surface area contributed by atoms with E-state index in [-0.39, 0.29) is 24.8 Å². The van der Waals surface area contributed by atoms with E-state index in [4.69, 9.17) is 5.26 Å². The first-order chi connectivity index (χ1) is 8.20. The van der Waals surface area contributed by atoms with Crippen LogP contribution in [0.25, 0.3) is 10.9 Å². The highest BCUT2D eigenvalue weighted by atomic mass is 19.1. The molecule has 0 atom stereocenters. The lowest BCUT2D eigenvalue weighted by molar-refractivity contribution is -0.121. The highest BCUT2D eigenvalue weighted by Gasteiger charge is 2.06. The zero-order chi connectivity index (χ0) is 12.3. The number of nitriles is 1. The number of aromatic nitrogens is 1. The van der Waals surface area contributed by atoms with Crippen LogP contribution in [0.4, 0.5) is 4.39 Å². The molecule has 86 valence electrons. The molecule has 0 spiro atoms. The van der Waals surface area contributed by atoms with Crippen LogP contribution in [0.1, 0.15) is 0 Å². The van der Waals surface area contributed by atoms with Crippen LogP contribution in [-0.2, 0) is 11.3 Å². The molecule has 1 aromatic carbocycles. The van der Waals surface area contributed by atoms with Crippen LogP contribution >= 0.6 is 0 Å². The van der Waals surface area contributed by atoms with Crippen molar-refractivity contribution in [3.63, 3.8) is 0 Å². The van der Waals surface area contributed by atoms with Crippen molar-refractivity contribution in [2.45, 2.75) is 6.54 Å². The molecule has 1 N–H and O–H groups in total. The Morgan fingerprint density at radius 1 is 1.47 bits per heavy atom. The van der Waals surface area contributed by atoms with Crippen molar-refractivity contribution in [3.8, 4) is 6.07 Å². The summed E-state index contributed by atoms with van der Waals surface area (Å²) >= 11 is 0. The SMILES string of the molecule is N#CCNC(=O)Cn1ccc2cc(F)ccc21. The van der Waals surface area contributed by atoms with Gasteiger partial charge < -0.3 is 9.88 Å². The molecule has 2 rings (SSSR count). The molecule has 0 unspecified atom stereocenters. The first-order valence-corrected chi connectivity index (χ1v) is 5.09. The third kappa shape index (κ3) is 2.42. The molecule has 0 aliphatic carbocycles. The van der Waals surface area contributed by atoms with Crippen LogP contribution in [0.15, 0.2) is 30.5 Å². The normalized spacial score (nSPS) is 10.1. The Kier molecular flexibility index (Phi) is 3.06. The third-order valence-electron chi connectivity index (χ3n) is 2.41. The van der Waals surface area contributed by atoms with E-state index >= 15 is 0 Å². The molecule has 2 aromatic rings. The number of benzene rings is 1. The van der Waals surface area contributed by atoms with Crippen molar-refractivity contribution in [1.82, 2.24) is 9.88 Å². The second-order valence-corrected chi connectivity index (χ2v) is 3.58. The number of hydrogen-bond acceptors (Lipinski definition) is 2. The first-order valence-electron chi connectivity index (χ1n) is 5.09. The number of carbonyl (C=O) groups is 1. The van der Waals surface area contributed by atoms with Gasteiger partial charge in [0.15, 0.2) is 0 Å². The summed E-state index contributed by atoms with van der Waals surface area (Å²) in [6, 6.07) is 7.97. The van der Waals surface area contributed by atoms with Gasteiger partial charge in [0.2, 0.25) is 5.91 Å². The van der Waals surface area contributed by atoms with Crippen molar-refractivity contribution < 1.29 is 9.18 Å². The number of rotatable bonds is 3. The standard InChI is InChI=1S/C12H10FN3O/c13-10-1-2-11-9(7-10)3-6-16(11)8-12(17)15-5-4-14/h1-3,6-7H,5,8H2,(H,15,17). The number of nitrogens with one attached hydrogen (secondary N) is 1. The van der Waals surface area contributed by atoms with Crippen LogP contribution < -0.4 is 5.32 Å². The molecule has 0 bridgehead atoms. The smallest absolute Gasteiger partial charge is 0.240 e. The van der Waals surface area contributed by atoms with Crippen LogP contribution in [0.2, 0.25) is 0 Å². The fourth-order valence-corrected chi connectivity index (χ4v) is 1.66. The van der Waals surface area contributed by atoms with Crippen LogP contribution in [0, 0.1) is 17.1 Å². The summed E-state index contributed by atoms with van der Waals surface area (Å²) in [5, 5.41) is 11.5. The molecule has 1 aromatic heterocycles. The average Bonchev–Trinajstić information content (AvgIpc) is 2.69. The Morgan fingerprint density at radius 2 is 2.29 bits per heavy atom. The van der Waals surface area contributed by atoms with Gasteiger partial charge in [-0.05, 0) is 24.3 Å². The highest BCUT2D eigenvalue weighted by Crippen LogP contribution is 2.16. The van der Waals surface area contributed by atoms with Gasteiger partial charge in [0.25, 0.3) is 0 Å². The average molecular weight is 231 g/mol. The molecule has 0 saturated carbocycles. The highest BCUT2D eigenvalue weighted by molar-refractivity contribution is 5.83. The summed E-state index contributed by atoms with van der Waals surface area (Å²) in [7, 11) is 0. The Labute approximate surface area is 97.3 Å². The van der Waals surface area contributed by atoms with Crippen LogP contribution in [-0.4, -0.2) is 17.0 Å². The first kappa shape index (κ1) is 11.1. The van der Waals surface area contributed by atoms with Crippen molar-refractivity contribution >= 4 is 16.8 Å². The van der Waals surface area contributed by atoms with E-state index < -0.39 is 0 Å². The lowest BCUT2D eigenvalue weighted by Gasteiger charge is -2.04. The maximum Gasteiger partial charge on any atom is 0.240 e. The number of hydrogen-bond donors (Lipinski definition) is 1. The predicted molar refractivity (Wildman–Crippen MR) is 60.5 cm³/mol. The van der Waals surface area contributed by atoms with Gasteiger partial charge in [-0.25, -0.2) is 4.39 Å². The zero-order valence-electron chi connectivity index (χ0n) is 8.98. The van der Waals surface area contributed by atoms with E-state index in [1.165, 1.54) is 12.1 Å². The summed E-state index contributed by atoms with van der Waals surface area (Å²) in [5.41, 5.74) is 0.790. The van der Waals surface area contributed by atoms with E-state index in [2.05, 4.69) is 5.32 Å². The van der Waals surface area contributed by atoms with Gasteiger partial charge in [-0.2, -0.15) is 5.26 Å². The third-order valence-corrected chi connectivity index (χ3v) is 2.41. The van der Waals surface area contributed by atoms with Crippen LogP contribution in [0.3, 0.4) is 0 Å². The molecular formula is C12H10FN3O. The molecule has 0 aliphatic rings. The maximum absolute atomic E-state index is 13.0. The molecule has 17 heavy (non-hydrogen) atoms. The molecular weight excluding hydrogens is 221 g/mol. The van der Waals surface area contributed by atoms with Crippen molar-refractivity contribution in [2.75, 3.05) is 6.54 Å². The lowest BCUT2D eigenvalue weighted by atomic mass is 10.2. The minimum atomic E-state index is -0.302. The minimum Gasteiger partial charge on any atom is -0.341 e. The number of amides is 1. The minimum absolute atomic E-state index is 0.00728. The molecule has 4 nitrogen and oxygen atoms in total. The van der Waals surface area contributed by atoms with Crippen molar-refractivity contribution in [2.24, 2.45) is 0 Å². The second-order valence-electron chi connectivity index (χ2n) is 3.58. The molecule has 1 amide bonds. The zero-order valence-corrected chi connectivity index (χ0v) is 8.98. The largest absolute Gasteiger partial charge is 0.341 e. The predicted octanol–water partition coefficient (Wildman–Crippen LogP) is 1.42.